The highest BCUT2D eigenvalue weighted by atomic mass is 19.4. The molecule has 28 heavy (non-hydrogen) atoms. The summed E-state index contributed by atoms with van der Waals surface area (Å²) in [6.45, 7) is 4.94. The lowest BCUT2D eigenvalue weighted by atomic mass is 10.1. The Labute approximate surface area is 159 Å². The van der Waals surface area contributed by atoms with E-state index in [2.05, 4.69) is 26.6 Å². The van der Waals surface area contributed by atoms with Gasteiger partial charge in [0.2, 0.25) is 5.88 Å². The third-order valence-corrected chi connectivity index (χ3v) is 4.66. The van der Waals surface area contributed by atoms with E-state index in [4.69, 9.17) is 4.74 Å². The molecule has 0 bridgehead atoms. The minimum absolute atomic E-state index is 0.0698. The number of imidazole rings is 1. The van der Waals surface area contributed by atoms with Gasteiger partial charge in [-0.25, -0.2) is 9.50 Å². The lowest BCUT2D eigenvalue weighted by Gasteiger charge is -2.14. The molecular formula is C19H19F3N4O2. The first-order chi connectivity index (χ1) is 13.4. The molecule has 1 saturated heterocycles. The van der Waals surface area contributed by atoms with Crippen LogP contribution in [0.1, 0.15) is 13.3 Å². The van der Waals surface area contributed by atoms with E-state index in [9.17, 15) is 13.2 Å². The maximum absolute atomic E-state index is 12.5. The number of hydrogen-bond donors (Lipinski definition) is 0. The fourth-order valence-electron chi connectivity index (χ4n) is 3.32. The molecule has 1 aromatic carbocycles. The van der Waals surface area contributed by atoms with Crippen molar-refractivity contribution in [2.24, 2.45) is 0 Å². The third-order valence-electron chi connectivity index (χ3n) is 4.66. The van der Waals surface area contributed by atoms with Gasteiger partial charge in [-0.15, -0.1) is 18.3 Å². The molecule has 2 aromatic heterocycles. The second-order valence-electron chi connectivity index (χ2n) is 6.58. The van der Waals surface area contributed by atoms with Gasteiger partial charge in [0.05, 0.1) is 11.9 Å². The Bertz CT molecular complexity index is 973. The van der Waals surface area contributed by atoms with Gasteiger partial charge in [-0.1, -0.05) is 19.1 Å². The lowest BCUT2D eigenvalue weighted by Crippen LogP contribution is -2.24. The number of halogens is 3. The van der Waals surface area contributed by atoms with Crippen LogP contribution in [0.4, 0.5) is 13.2 Å². The van der Waals surface area contributed by atoms with Crippen molar-refractivity contribution in [2.45, 2.75) is 25.8 Å². The first kappa shape index (κ1) is 18.5. The molecule has 9 heteroatoms. The maximum atomic E-state index is 12.5. The van der Waals surface area contributed by atoms with Crippen LogP contribution < -0.4 is 9.47 Å². The van der Waals surface area contributed by atoms with Gasteiger partial charge >= 0.3 is 6.36 Å². The Morgan fingerprint density at radius 1 is 1.21 bits per heavy atom. The largest absolute Gasteiger partial charge is 0.573 e. The van der Waals surface area contributed by atoms with E-state index in [1.54, 1.807) is 28.9 Å². The summed E-state index contributed by atoms with van der Waals surface area (Å²) in [6, 6.07) is 9.26. The predicted octanol–water partition coefficient (Wildman–Crippen LogP) is 3.77. The van der Waals surface area contributed by atoms with Gasteiger partial charge in [0.15, 0.2) is 5.65 Å². The summed E-state index contributed by atoms with van der Waals surface area (Å²) >= 11 is 0. The Hall–Kier alpha value is -2.81. The van der Waals surface area contributed by atoms with Crippen LogP contribution in [0.3, 0.4) is 0 Å². The van der Waals surface area contributed by atoms with Crippen LogP contribution in [-0.4, -0.2) is 51.6 Å². The van der Waals surface area contributed by atoms with E-state index in [1.807, 2.05) is 0 Å². The normalized spacial score (nSPS) is 17.9. The van der Waals surface area contributed by atoms with Gasteiger partial charge in [-0.3, -0.25) is 4.90 Å². The zero-order valence-electron chi connectivity index (χ0n) is 15.2. The van der Waals surface area contributed by atoms with Crippen LogP contribution in [0, 0.1) is 0 Å². The number of nitrogens with zero attached hydrogens (tertiary/aromatic N) is 4. The average molecular weight is 392 g/mol. The van der Waals surface area contributed by atoms with Crippen LogP contribution in [0.5, 0.6) is 11.6 Å². The maximum Gasteiger partial charge on any atom is 0.573 e. The van der Waals surface area contributed by atoms with E-state index in [-0.39, 0.29) is 11.9 Å². The van der Waals surface area contributed by atoms with E-state index < -0.39 is 6.36 Å². The van der Waals surface area contributed by atoms with Crippen molar-refractivity contribution in [2.75, 3.05) is 19.6 Å². The summed E-state index contributed by atoms with van der Waals surface area (Å²) in [5, 5.41) is 4.48. The molecular weight excluding hydrogens is 373 g/mol. The Kier molecular flexibility index (Phi) is 4.84. The first-order valence-electron chi connectivity index (χ1n) is 9.01. The van der Waals surface area contributed by atoms with Gasteiger partial charge in [-0.2, -0.15) is 0 Å². The molecule has 3 heterocycles. The molecule has 0 aliphatic carbocycles. The number of ether oxygens (including phenoxy) is 2. The topological polar surface area (TPSA) is 51.9 Å². The monoisotopic (exact) mass is 392 g/mol. The Morgan fingerprint density at radius 3 is 2.82 bits per heavy atom. The van der Waals surface area contributed by atoms with E-state index in [0.717, 1.165) is 26.1 Å². The molecule has 0 N–H and O–H groups in total. The highest BCUT2D eigenvalue weighted by Gasteiger charge is 2.31. The molecule has 6 nitrogen and oxygen atoms in total. The van der Waals surface area contributed by atoms with E-state index in [1.165, 1.54) is 18.2 Å². The van der Waals surface area contributed by atoms with Gasteiger partial charge < -0.3 is 9.47 Å². The molecule has 3 aromatic rings. The number of hydrogen-bond acceptors (Lipinski definition) is 5. The van der Waals surface area contributed by atoms with Crippen LogP contribution in [0.2, 0.25) is 0 Å². The van der Waals surface area contributed by atoms with Gasteiger partial charge in [0.1, 0.15) is 11.9 Å². The van der Waals surface area contributed by atoms with Crippen molar-refractivity contribution in [3.8, 4) is 22.9 Å². The lowest BCUT2D eigenvalue weighted by molar-refractivity contribution is -0.274. The minimum atomic E-state index is -4.75. The number of benzene rings is 1. The molecule has 0 amide bonds. The molecule has 1 fully saturated rings. The summed E-state index contributed by atoms with van der Waals surface area (Å²) < 4.78 is 49.0. The summed E-state index contributed by atoms with van der Waals surface area (Å²) in [4.78, 5) is 6.57. The molecule has 1 aliphatic rings. The molecule has 0 spiro atoms. The minimum Gasteiger partial charge on any atom is -0.472 e. The summed E-state index contributed by atoms with van der Waals surface area (Å²) in [5.74, 6) is 0.162. The van der Waals surface area contributed by atoms with Crippen molar-refractivity contribution in [1.29, 1.82) is 0 Å². The highest BCUT2D eigenvalue weighted by Crippen LogP contribution is 2.28. The van der Waals surface area contributed by atoms with E-state index in [0.29, 0.717) is 22.8 Å². The van der Waals surface area contributed by atoms with Gasteiger partial charge in [0.25, 0.3) is 0 Å². The van der Waals surface area contributed by atoms with Gasteiger partial charge in [-0.05, 0) is 31.2 Å². The van der Waals surface area contributed by atoms with Gasteiger partial charge in [0, 0.05) is 24.7 Å². The van der Waals surface area contributed by atoms with E-state index >= 15 is 0 Å². The van der Waals surface area contributed by atoms with Crippen molar-refractivity contribution in [1.82, 2.24) is 19.5 Å². The SMILES string of the molecule is CCN1CCC(Oc2ccc3ncc(-c4cccc(OC(F)(F)F)c4)n3n2)C1. The fraction of sp³-hybridized carbons (Fsp3) is 0.368. The molecule has 1 atom stereocenters. The molecule has 4 rings (SSSR count). The van der Waals surface area contributed by atoms with Crippen molar-refractivity contribution < 1.29 is 22.6 Å². The Morgan fingerprint density at radius 2 is 2.07 bits per heavy atom. The van der Waals surface area contributed by atoms with Crippen molar-refractivity contribution in [3.05, 3.63) is 42.6 Å². The number of likely N-dealkylation sites (N-methyl/N-ethyl adjacent to an activating group) is 1. The number of rotatable bonds is 5. The van der Waals surface area contributed by atoms with Crippen molar-refractivity contribution >= 4 is 5.65 Å². The second kappa shape index (κ2) is 7.31. The summed E-state index contributed by atoms with van der Waals surface area (Å²) in [7, 11) is 0. The number of alkyl halides is 3. The number of likely N-dealkylation sites (tertiary alicyclic amines) is 1. The standard InChI is InChI=1S/C19H19F3N4O2/c1-2-25-9-8-15(12-25)27-18-7-6-17-23-11-16(26(17)24-18)13-4-3-5-14(10-13)28-19(20,21)22/h3-7,10-11,15H,2,8-9,12H2,1H3. The quantitative estimate of drug-likeness (QED) is 0.662. The van der Waals surface area contributed by atoms with Crippen molar-refractivity contribution in [3.63, 3.8) is 0 Å². The predicted molar refractivity (Wildman–Crippen MR) is 96.3 cm³/mol. The zero-order chi connectivity index (χ0) is 19.7. The molecule has 0 radical (unpaired) electrons. The van der Waals surface area contributed by atoms with Crippen LogP contribution in [-0.2, 0) is 0 Å². The second-order valence-corrected chi connectivity index (χ2v) is 6.58. The zero-order valence-corrected chi connectivity index (χ0v) is 15.2. The average Bonchev–Trinajstić information content (AvgIpc) is 3.27. The third kappa shape index (κ3) is 4.04. The van der Waals surface area contributed by atoms with Crippen LogP contribution in [0.25, 0.3) is 16.9 Å². The first-order valence-corrected chi connectivity index (χ1v) is 9.01. The molecule has 1 unspecified atom stereocenters. The summed E-state index contributed by atoms with van der Waals surface area (Å²) in [6.07, 6.45) is -2.18. The molecule has 148 valence electrons. The number of fused-ring (bicyclic) bond motifs is 1. The Balaban J connectivity index is 1.61. The van der Waals surface area contributed by atoms with Crippen LogP contribution in [0.15, 0.2) is 42.6 Å². The molecule has 0 saturated carbocycles. The number of aromatic nitrogens is 3. The highest BCUT2D eigenvalue weighted by molar-refractivity contribution is 5.64. The summed E-state index contributed by atoms with van der Waals surface area (Å²) in [5.41, 5.74) is 1.64. The van der Waals surface area contributed by atoms with Crippen LogP contribution >= 0.6 is 0 Å². The smallest absolute Gasteiger partial charge is 0.472 e. The fourth-order valence-corrected chi connectivity index (χ4v) is 3.32. The molecule has 1 aliphatic heterocycles.